The van der Waals surface area contributed by atoms with Gasteiger partial charge in [0, 0.05) is 0 Å². The highest BCUT2D eigenvalue weighted by molar-refractivity contribution is 6.50. The lowest BCUT2D eigenvalue weighted by atomic mass is 10.1. The minimum Gasteiger partial charge on any atom is -0.418 e. The summed E-state index contributed by atoms with van der Waals surface area (Å²) < 4.78 is 78.0. The third-order valence-corrected chi connectivity index (χ3v) is 1.46. The molecule has 0 aliphatic rings. The van der Waals surface area contributed by atoms with Gasteiger partial charge in [0.1, 0.15) is 0 Å². The van der Waals surface area contributed by atoms with E-state index in [2.05, 4.69) is 13.8 Å². The van der Waals surface area contributed by atoms with Crippen LogP contribution in [0.4, 0.5) is 34.5 Å². The van der Waals surface area contributed by atoms with Crippen LogP contribution in [0.2, 0.25) is 0 Å². The zero-order valence-electron chi connectivity index (χ0n) is 12.4. The highest BCUT2D eigenvalue weighted by atomic mass is 19.5. The average molecular weight is 290 g/mol. The second-order valence-corrected chi connectivity index (χ2v) is 3.40. The SMILES string of the molecule is CCCCCCCC.F[B-](F)(F)F.F[B-](F)(F)F.[H+].[H+]. The second-order valence-electron chi connectivity index (χ2n) is 3.40. The van der Waals surface area contributed by atoms with Crippen LogP contribution in [0, 0.1) is 0 Å². The normalized spacial score (nSPS) is 11.0. The Kier molecular flexibility index (Phi) is 16.4. The number of halogens is 8. The zero-order valence-corrected chi connectivity index (χ0v) is 10.4. The minimum atomic E-state index is -6.00. The van der Waals surface area contributed by atoms with Crippen molar-refractivity contribution in [3.63, 3.8) is 0 Å². The summed E-state index contributed by atoms with van der Waals surface area (Å²) in [6.45, 7) is 4.51. The highest BCUT2D eigenvalue weighted by Gasteiger charge is 2.21. The molecule has 10 heteroatoms. The Balaban J connectivity index is -0.0000000558. The standard InChI is InChI=1S/C8H18.2BF4/c1-3-5-7-8-6-4-2;2*2-1(3,4)5/h3-8H2,1-2H3;;/q;2*-1/p+2. The summed E-state index contributed by atoms with van der Waals surface area (Å²) in [7, 11) is -12.0. The maximum Gasteiger partial charge on any atom is 1.00 e. The first-order chi connectivity index (χ1) is 7.91. The molecule has 18 heavy (non-hydrogen) atoms. The number of unbranched alkanes of at least 4 members (excludes halogenated alkanes) is 5. The Bertz CT molecular complexity index is 136. The van der Waals surface area contributed by atoms with Gasteiger partial charge in [-0.3, -0.25) is 0 Å². The molecule has 0 saturated carbocycles. The predicted octanol–water partition coefficient (Wildman–Crippen LogP) is 6.19. The monoisotopic (exact) mass is 290 g/mol. The van der Waals surface area contributed by atoms with E-state index in [-0.39, 0.29) is 2.85 Å². The van der Waals surface area contributed by atoms with E-state index in [0.29, 0.717) is 0 Å². The Morgan fingerprint density at radius 2 is 0.722 bits per heavy atom. The van der Waals surface area contributed by atoms with Gasteiger partial charge in [0.25, 0.3) is 0 Å². The molecular formula is C8H20B2F8. The van der Waals surface area contributed by atoms with Gasteiger partial charge in [-0.15, -0.1) is 0 Å². The van der Waals surface area contributed by atoms with Crippen molar-refractivity contribution in [2.75, 3.05) is 0 Å². The fourth-order valence-electron chi connectivity index (χ4n) is 0.854. The first-order valence-corrected chi connectivity index (χ1v) is 5.66. The zero-order chi connectivity index (χ0) is 15.2. The van der Waals surface area contributed by atoms with Crippen molar-refractivity contribution in [2.24, 2.45) is 0 Å². The molecule has 0 fully saturated rings. The van der Waals surface area contributed by atoms with Crippen molar-refractivity contribution in [1.29, 1.82) is 0 Å². The van der Waals surface area contributed by atoms with Gasteiger partial charge in [-0.25, -0.2) is 0 Å². The van der Waals surface area contributed by atoms with Crippen LogP contribution in [0.3, 0.4) is 0 Å². The molecule has 0 rings (SSSR count). The first-order valence-electron chi connectivity index (χ1n) is 5.66. The molecule has 0 heterocycles. The maximum absolute atomic E-state index is 9.75. The van der Waals surface area contributed by atoms with Crippen LogP contribution in [0.25, 0.3) is 0 Å². The summed E-state index contributed by atoms with van der Waals surface area (Å²) >= 11 is 0. The molecule has 114 valence electrons. The molecule has 0 saturated heterocycles. The molecule has 0 atom stereocenters. The van der Waals surface area contributed by atoms with Crippen LogP contribution in [0.5, 0.6) is 0 Å². The van der Waals surface area contributed by atoms with Gasteiger partial charge in [-0.05, 0) is 0 Å². The van der Waals surface area contributed by atoms with Gasteiger partial charge in [0.2, 0.25) is 0 Å². The van der Waals surface area contributed by atoms with E-state index in [4.69, 9.17) is 0 Å². The fraction of sp³-hybridized carbons (Fsp3) is 1.00. The molecule has 0 aromatic carbocycles. The molecule has 0 unspecified atom stereocenters. The van der Waals surface area contributed by atoms with E-state index in [0.717, 1.165) is 0 Å². The first kappa shape index (κ1) is 22.7. The van der Waals surface area contributed by atoms with Crippen molar-refractivity contribution in [1.82, 2.24) is 0 Å². The Hall–Kier alpha value is -0.430. The number of hydrogen-bond donors (Lipinski definition) is 0. The third-order valence-electron chi connectivity index (χ3n) is 1.46. The molecule has 0 bridgehead atoms. The minimum absolute atomic E-state index is 0. The van der Waals surface area contributed by atoms with Crippen molar-refractivity contribution >= 4 is 14.5 Å². The van der Waals surface area contributed by atoms with E-state index >= 15 is 0 Å². The van der Waals surface area contributed by atoms with Gasteiger partial charge < -0.3 is 34.5 Å². The average Bonchev–Trinajstić information content (AvgIpc) is 2.07. The smallest absolute Gasteiger partial charge is 0.418 e. The summed E-state index contributed by atoms with van der Waals surface area (Å²) in [6.07, 6.45) is 8.49. The maximum atomic E-state index is 9.75. The molecule has 0 nitrogen and oxygen atoms in total. The Morgan fingerprint density at radius 1 is 0.556 bits per heavy atom. The Labute approximate surface area is 105 Å². The molecule has 0 amide bonds. The van der Waals surface area contributed by atoms with Gasteiger partial charge in [0.15, 0.2) is 0 Å². The van der Waals surface area contributed by atoms with E-state index in [1.807, 2.05) is 0 Å². The van der Waals surface area contributed by atoms with Crippen LogP contribution in [-0.4, -0.2) is 14.5 Å². The van der Waals surface area contributed by atoms with Crippen LogP contribution in [-0.2, 0) is 0 Å². The lowest BCUT2D eigenvalue weighted by molar-refractivity contribution is 0.366. The number of rotatable bonds is 5. The van der Waals surface area contributed by atoms with Gasteiger partial charge in [-0.2, -0.15) is 0 Å². The van der Waals surface area contributed by atoms with Crippen molar-refractivity contribution < 1.29 is 37.4 Å². The highest BCUT2D eigenvalue weighted by Crippen LogP contribution is 2.07. The van der Waals surface area contributed by atoms with Crippen LogP contribution >= 0.6 is 0 Å². The van der Waals surface area contributed by atoms with Gasteiger partial charge >= 0.3 is 17.4 Å². The predicted molar refractivity (Wildman–Crippen MR) is 61.6 cm³/mol. The Morgan fingerprint density at radius 3 is 0.833 bits per heavy atom. The lowest BCUT2D eigenvalue weighted by Crippen LogP contribution is -2.02. The van der Waals surface area contributed by atoms with E-state index in [1.165, 1.54) is 38.5 Å². The van der Waals surface area contributed by atoms with Crippen LogP contribution in [0.1, 0.15) is 55.2 Å². The molecule has 0 aliphatic carbocycles. The van der Waals surface area contributed by atoms with Crippen molar-refractivity contribution in [2.45, 2.75) is 52.4 Å². The summed E-state index contributed by atoms with van der Waals surface area (Å²) in [6, 6.07) is 0. The second kappa shape index (κ2) is 13.0. The van der Waals surface area contributed by atoms with Gasteiger partial charge in [0.05, 0.1) is 0 Å². The van der Waals surface area contributed by atoms with E-state index in [9.17, 15) is 34.5 Å². The quantitative estimate of drug-likeness (QED) is 0.321. The lowest BCUT2D eigenvalue weighted by Gasteiger charge is -1.94. The topological polar surface area (TPSA) is 0 Å². The van der Waals surface area contributed by atoms with Crippen molar-refractivity contribution in [3.05, 3.63) is 0 Å². The van der Waals surface area contributed by atoms with Crippen LogP contribution in [0.15, 0.2) is 0 Å². The molecule has 0 N–H and O–H groups in total. The molecule has 0 spiro atoms. The number of hydrogen-bond acceptors (Lipinski definition) is 0. The van der Waals surface area contributed by atoms with E-state index < -0.39 is 14.5 Å². The summed E-state index contributed by atoms with van der Waals surface area (Å²) in [5, 5.41) is 0. The molecule has 0 radical (unpaired) electrons. The molecule has 0 aromatic rings. The summed E-state index contributed by atoms with van der Waals surface area (Å²) in [5.74, 6) is 0. The molecular weight excluding hydrogens is 270 g/mol. The molecule has 0 aromatic heterocycles. The largest absolute Gasteiger partial charge is 1.00 e. The summed E-state index contributed by atoms with van der Waals surface area (Å²) in [4.78, 5) is 0. The van der Waals surface area contributed by atoms with Gasteiger partial charge in [-0.1, -0.05) is 52.4 Å². The van der Waals surface area contributed by atoms with Crippen LogP contribution < -0.4 is 0 Å². The third kappa shape index (κ3) is 158. The van der Waals surface area contributed by atoms with E-state index in [1.54, 1.807) is 0 Å². The van der Waals surface area contributed by atoms with Crippen molar-refractivity contribution in [3.8, 4) is 0 Å². The fourth-order valence-corrected chi connectivity index (χ4v) is 0.854. The summed E-state index contributed by atoms with van der Waals surface area (Å²) in [5.41, 5.74) is 0. The molecule has 0 aliphatic heterocycles.